The van der Waals surface area contributed by atoms with Gasteiger partial charge in [-0.2, -0.15) is 0 Å². The predicted octanol–water partition coefficient (Wildman–Crippen LogP) is 4.27. The Morgan fingerprint density at radius 1 is 1.00 bits per heavy atom. The predicted molar refractivity (Wildman–Crippen MR) is 127 cm³/mol. The number of amides is 2. The zero-order valence-corrected chi connectivity index (χ0v) is 19.6. The highest BCUT2D eigenvalue weighted by molar-refractivity contribution is 7.99. The number of carbonyl (C=O) groups excluding carboxylic acids is 2. The van der Waals surface area contributed by atoms with Crippen molar-refractivity contribution in [3.05, 3.63) is 42.5 Å². The third-order valence-electron chi connectivity index (χ3n) is 6.59. The Morgan fingerprint density at radius 3 is 2.47 bits per heavy atom. The van der Waals surface area contributed by atoms with Gasteiger partial charge in [0.25, 0.3) is 0 Å². The molecule has 1 saturated carbocycles. The summed E-state index contributed by atoms with van der Waals surface area (Å²) in [6, 6.07) is 13.8. The van der Waals surface area contributed by atoms with Gasteiger partial charge in [-0.3, -0.25) is 9.59 Å². The van der Waals surface area contributed by atoms with E-state index in [1.165, 1.54) is 37.4 Å². The zero-order chi connectivity index (χ0) is 22.3. The minimum Gasteiger partial charge on any atom is -0.338 e. The number of nitrogens with zero attached hydrogens (tertiary/aromatic N) is 4. The topological polar surface area (TPSA) is 66.4 Å². The minimum absolute atomic E-state index is 0.0683. The molecular formula is C25H32N4O2S. The Kier molecular flexibility index (Phi) is 7.79. The van der Waals surface area contributed by atoms with Crippen molar-refractivity contribution in [1.82, 2.24) is 20.0 Å². The number of piperazine rings is 1. The summed E-state index contributed by atoms with van der Waals surface area (Å²) in [5.41, 5.74) is 1.85. The van der Waals surface area contributed by atoms with Gasteiger partial charge in [0.1, 0.15) is 5.03 Å². The molecule has 1 aliphatic heterocycles. The van der Waals surface area contributed by atoms with E-state index in [2.05, 4.69) is 10.2 Å². The molecule has 0 N–H and O–H groups in total. The van der Waals surface area contributed by atoms with E-state index in [4.69, 9.17) is 0 Å². The number of hydrogen-bond acceptors (Lipinski definition) is 5. The summed E-state index contributed by atoms with van der Waals surface area (Å²) >= 11 is 1.41. The number of benzene rings is 1. The van der Waals surface area contributed by atoms with Crippen LogP contribution in [-0.4, -0.2) is 63.2 Å². The van der Waals surface area contributed by atoms with Crippen LogP contribution < -0.4 is 0 Å². The SMILES string of the molecule is CC1CN(C(=O)CSc2ccc(-c3ccccc3)nn2)CCN1C(=O)CCC1CCCC1. The standard InChI is InChI=1S/C25H32N4O2S/c1-19-17-28(15-16-29(19)24(30)14-11-20-7-5-6-8-20)25(31)18-32-23-13-12-22(26-27-23)21-9-3-2-4-10-21/h2-4,9-10,12-13,19-20H,5-8,11,14-18H2,1H3. The highest BCUT2D eigenvalue weighted by Crippen LogP contribution is 2.29. The lowest BCUT2D eigenvalue weighted by Crippen LogP contribution is -2.55. The lowest BCUT2D eigenvalue weighted by Gasteiger charge is -2.40. The van der Waals surface area contributed by atoms with Crippen molar-refractivity contribution in [2.24, 2.45) is 5.92 Å². The van der Waals surface area contributed by atoms with E-state index in [-0.39, 0.29) is 17.9 Å². The molecule has 4 rings (SSSR count). The third kappa shape index (κ3) is 5.88. The highest BCUT2D eigenvalue weighted by atomic mass is 32.2. The molecule has 0 radical (unpaired) electrons. The Bertz CT molecular complexity index is 900. The first-order chi connectivity index (χ1) is 15.6. The smallest absolute Gasteiger partial charge is 0.233 e. The van der Waals surface area contributed by atoms with Crippen LogP contribution in [0, 0.1) is 5.92 Å². The number of aromatic nitrogens is 2. The Hall–Kier alpha value is -2.41. The molecule has 1 atom stereocenters. The molecule has 2 heterocycles. The first-order valence-electron chi connectivity index (χ1n) is 11.7. The van der Waals surface area contributed by atoms with Crippen molar-refractivity contribution in [2.45, 2.75) is 56.5 Å². The number of rotatable bonds is 7. The third-order valence-corrected chi connectivity index (χ3v) is 7.50. The lowest BCUT2D eigenvalue weighted by atomic mass is 10.0. The van der Waals surface area contributed by atoms with Gasteiger partial charge in [0, 0.05) is 37.7 Å². The van der Waals surface area contributed by atoms with Gasteiger partial charge in [0.05, 0.1) is 11.4 Å². The van der Waals surface area contributed by atoms with Gasteiger partial charge < -0.3 is 9.80 Å². The van der Waals surface area contributed by atoms with Gasteiger partial charge in [-0.05, 0) is 31.4 Å². The van der Waals surface area contributed by atoms with E-state index >= 15 is 0 Å². The molecule has 1 aliphatic carbocycles. The van der Waals surface area contributed by atoms with Crippen LogP contribution in [-0.2, 0) is 9.59 Å². The second-order valence-corrected chi connectivity index (χ2v) is 9.87. The fourth-order valence-corrected chi connectivity index (χ4v) is 5.43. The molecule has 2 amide bonds. The molecule has 6 nitrogen and oxygen atoms in total. The summed E-state index contributed by atoms with van der Waals surface area (Å²) in [4.78, 5) is 29.3. The average Bonchev–Trinajstić information content (AvgIpc) is 3.35. The lowest BCUT2D eigenvalue weighted by molar-refractivity contribution is -0.141. The van der Waals surface area contributed by atoms with Crippen molar-refractivity contribution < 1.29 is 9.59 Å². The van der Waals surface area contributed by atoms with Crippen LogP contribution in [0.1, 0.15) is 45.4 Å². The van der Waals surface area contributed by atoms with Crippen LogP contribution in [0.25, 0.3) is 11.3 Å². The van der Waals surface area contributed by atoms with Gasteiger partial charge in [-0.1, -0.05) is 67.8 Å². The van der Waals surface area contributed by atoms with Crippen LogP contribution in [0.15, 0.2) is 47.5 Å². The first-order valence-corrected chi connectivity index (χ1v) is 12.7. The van der Waals surface area contributed by atoms with Crippen LogP contribution >= 0.6 is 11.8 Å². The molecule has 1 unspecified atom stereocenters. The Labute approximate surface area is 194 Å². The molecule has 2 fully saturated rings. The van der Waals surface area contributed by atoms with Gasteiger partial charge in [0.15, 0.2) is 0 Å². The molecule has 2 aliphatic rings. The Morgan fingerprint density at radius 2 is 1.78 bits per heavy atom. The van der Waals surface area contributed by atoms with Crippen LogP contribution in [0.5, 0.6) is 0 Å². The minimum atomic E-state index is 0.0683. The first kappa shape index (κ1) is 22.8. The summed E-state index contributed by atoms with van der Waals surface area (Å²) in [7, 11) is 0. The van der Waals surface area contributed by atoms with E-state index in [0.29, 0.717) is 31.8 Å². The molecule has 0 spiro atoms. The van der Waals surface area contributed by atoms with E-state index in [1.807, 2.05) is 59.2 Å². The quantitative estimate of drug-likeness (QED) is 0.587. The number of thioether (sulfide) groups is 1. The fourth-order valence-electron chi connectivity index (χ4n) is 4.71. The zero-order valence-electron chi connectivity index (χ0n) is 18.8. The summed E-state index contributed by atoms with van der Waals surface area (Å²) in [6.07, 6.45) is 6.86. The molecule has 7 heteroatoms. The normalized spacial score (nSPS) is 19.3. The molecule has 1 aromatic carbocycles. The van der Waals surface area contributed by atoms with Crippen molar-refractivity contribution in [2.75, 3.05) is 25.4 Å². The second-order valence-electron chi connectivity index (χ2n) is 8.88. The average molecular weight is 453 g/mol. The molecule has 0 bridgehead atoms. The van der Waals surface area contributed by atoms with Crippen molar-refractivity contribution in [1.29, 1.82) is 0 Å². The maximum absolute atomic E-state index is 12.7. The van der Waals surface area contributed by atoms with Crippen molar-refractivity contribution >= 4 is 23.6 Å². The fraction of sp³-hybridized carbons (Fsp3) is 0.520. The number of carbonyl (C=O) groups is 2. The highest BCUT2D eigenvalue weighted by Gasteiger charge is 2.30. The maximum Gasteiger partial charge on any atom is 0.233 e. The summed E-state index contributed by atoms with van der Waals surface area (Å²) in [6.45, 7) is 3.89. The molecule has 170 valence electrons. The van der Waals surface area contributed by atoms with Crippen molar-refractivity contribution in [3.63, 3.8) is 0 Å². The van der Waals surface area contributed by atoms with Crippen LogP contribution in [0.2, 0.25) is 0 Å². The maximum atomic E-state index is 12.7. The Balaban J connectivity index is 1.22. The van der Waals surface area contributed by atoms with Crippen LogP contribution in [0.4, 0.5) is 0 Å². The molecule has 1 aromatic heterocycles. The molecule has 32 heavy (non-hydrogen) atoms. The van der Waals surface area contributed by atoms with Gasteiger partial charge in [0.2, 0.25) is 11.8 Å². The van der Waals surface area contributed by atoms with Gasteiger partial charge in [-0.25, -0.2) is 0 Å². The second kappa shape index (κ2) is 10.9. The molecular weight excluding hydrogens is 420 g/mol. The summed E-state index contributed by atoms with van der Waals surface area (Å²) < 4.78 is 0. The molecule has 1 saturated heterocycles. The number of hydrogen-bond donors (Lipinski definition) is 0. The monoisotopic (exact) mass is 452 g/mol. The summed E-state index contributed by atoms with van der Waals surface area (Å²) in [5.74, 6) is 1.41. The summed E-state index contributed by atoms with van der Waals surface area (Å²) in [5, 5.41) is 9.29. The molecule has 2 aromatic rings. The van der Waals surface area contributed by atoms with E-state index in [1.54, 1.807) is 0 Å². The van der Waals surface area contributed by atoms with Gasteiger partial charge in [-0.15, -0.1) is 10.2 Å². The van der Waals surface area contributed by atoms with E-state index in [9.17, 15) is 9.59 Å². The van der Waals surface area contributed by atoms with Crippen LogP contribution in [0.3, 0.4) is 0 Å². The largest absolute Gasteiger partial charge is 0.338 e. The van der Waals surface area contributed by atoms with E-state index < -0.39 is 0 Å². The van der Waals surface area contributed by atoms with Crippen molar-refractivity contribution in [3.8, 4) is 11.3 Å². The van der Waals surface area contributed by atoms with Gasteiger partial charge >= 0.3 is 0 Å². The van der Waals surface area contributed by atoms with E-state index in [0.717, 1.165) is 28.6 Å².